The number of thiophene rings is 1. The summed E-state index contributed by atoms with van der Waals surface area (Å²) in [6, 6.07) is 1.04. The fraction of sp³-hybridized carbons (Fsp3) is 0.741. The normalized spacial score (nSPS) is 12.2. The van der Waals surface area contributed by atoms with Gasteiger partial charge in [-0.05, 0) is 53.0 Å². The first kappa shape index (κ1) is 30.9. The lowest BCUT2D eigenvalue weighted by atomic mass is 10.1. The number of carbonyl (C=O) groups is 3. The van der Waals surface area contributed by atoms with Crippen LogP contribution < -0.4 is 10.6 Å². The van der Waals surface area contributed by atoms with Crippen LogP contribution in [0.4, 0.5) is 9.80 Å². The number of hydrogen-bond acceptors (Lipinski definition) is 6. The zero-order valence-electron chi connectivity index (χ0n) is 22.6. The average Bonchev–Trinajstić information content (AvgIpc) is 3.19. The molecule has 8 heteroatoms. The molecule has 0 aromatic carbocycles. The molecule has 35 heavy (non-hydrogen) atoms. The van der Waals surface area contributed by atoms with E-state index in [1.54, 1.807) is 20.8 Å². The third-order valence-electron chi connectivity index (χ3n) is 5.37. The van der Waals surface area contributed by atoms with Crippen molar-refractivity contribution in [2.24, 2.45) is 0 Å². The van der Waals surface area contributed by atoms with Gasteiger partial charge in [0.05, 0.1) is 11.7 Å². The van der Waals surface area contributed by atoms with E-state index in [1.807, 2.05) is 6.92 Å². The van der Waals surface area contributed by atoms with Gasteiger partial charge in [-0.3, -0.25) is 5.32 Å². The molecule has 0 aliphatic heterocycles. The van der Waals surface area contributed by atoms with Crippen molar-refractivity contribution in [1.82, 2.24) is 5.32 Å². The molecule has 200 valence electrons. The number of urea groups is 1. The lowest BCUT2D eigenvalue weighted by molar-refractivity contribution is 0.00712. The van der Waals surface area contributed by atoms with Crippen molar-refractivity contribution >= 4 is 34.3 Å². The summed E-state index contributed by atoms with van der Waals surface area (Å²) in [5.41, 5.74) is -0.550. The summed E-state index contributed by atoms with van der Waals surface area (Å²) in [5.74, 6) is -1.09. The maximum absolute atomic E-state index is 12.8. The second-order valence-corrected chi connectivity index (χ2v) is 11.1. The Morgan fingerprint density at radius 1 is 0.914 bits per heavy atom. The fourth-order valence-electron chi connectivity index (χ4n) is 3.48. The summed E-state index contributed by atoms with van der Waals surface area (Å²) in [5, 5.41) is 5.83. The molecule has 1 heterocycles. The molecule has 0 saturated carbocycles. The molecule has 1 unspecified atom stereocenters. The van der Waals surface area contributed by atoms with Crippen LogP contribution in [0.15, 0.2) is 6.07 Å². The molecule has 1 atom stereocenters. The van der Waals surface area contributed by atoms with Crippen molar-refractivity contribution in [3.63, 3.8) is 0 Å². The van der Waals surface area contributed by atoms with E-state index in [4.69, 9.17) is 9.47 Å². The van der Waals surface area contributed by atoms with Crippen molar-refractivity contribution in [3.05, 3.63) is 16.5 Å². The van der Waals surface area contributed by atoms with Crippen LogP contribution in [0.1, 0.15) is 132 Å². The second-order valence-electron chi connectivity index (χ2n) is 10.1. The molecule has 0 spiro atoms. The zero-order valence-corrected chi connectivity index (χ0v) is 23.4. The summed E-state index contributed by atoms with van der Waals surface area (Å²) in [7, 11) is 0. The number of rotatable bonds is 16. The first-order valence-electron chi connectivity index (χ1n) is 13.2. The van der Waals surface area contributed by atoms with E-state index in [0.29, 0.717) is 6.54 Å². The predicted molar refractivity (Wildman–Crippen MR) is 144 cm³/mol. The van der Waals surface area contributed by atoms with Gasteiger partial charge >= 0.3 is 18.0 Å². The molecule has 1 rings (SSSR count). The van der Waals surface area contributed by atoms with Gasteiger partial charge in [-0.25, -0.2) is 14.4 Å². The summed E-state index contributed by atoms with van der Waals surface area (Å²) in [6.07, 6.45) is 11.8. The van der Waals surface area contributed by atoms with Gasteiger partial charge in [0.15, 0.2) is 0 Å². The van der Waals surface area contributed by atoms with Gasteiger partial charge in [-0.1, -0.05) is 65.2 Å². The summed E-state index contributed by atoms with van der Waals surface area (Å²) < 4.78 is 11.1. The minimum absolute atomic E-state index is 0.155. The molecule has 1 aromatic heterocycles. The third kappa shape index (κ3) is 13.5. The standard InChI is InChI=1S/C27H46N2O5S/c1-7-9-11-13-14-16-18-28-26(32)29-23-21(24(30)34-27(4,5)6)19-22(35-23)25(31)33-20(3)17-15-12-10-8-2/h19-20H,7-18H2,1-6H3,(H2,28,29,32). The van der Waals surface area contributed by atoms with E-state index in [-0.39, 0.29) is 21.5 Å². The van der Waals surface area contributed by atoms with Gasteiger partial charge in [0, 0.05) is 6.54 Å². The molecule has 7 nitrogen and oxygen atoms in total. The van der Waals surface area contributed by atoms with E-state index < -0.39 is 23.6 Å². The lowest BCUT2D eigenvalue weighted by Gasteiger charge is -2.19. The fourth-order valence-corrected chi connectivity index (χ4v) is 4.41. The minimum atomic E-state index is -0.704. The SMILES string of the molecule is CCCCCCCCNC(=O)Nc1sc(C(=O)OC(C)CCCCCC)cc1C(=O)OC(C)(C)C. The first-order chi connectivity index (χ1) is 16.6. The van der Waals surface area contributed by atoms with Crippen LogP contribution in [0, 0.1) is 0 Å². The molecule has 0 aliphatic carbocycles. The summed E-state index contributed by atoms with van der Waals surface area (Å²) >= 11 is 1.03. The molecular formula is C27H46N2O5S. The van der Waals surface area contributed by atoms with Crippen molar-refractivity contribution < 1.29 is 23.9 Å². The maximum Gasteiger partial charge on any atom is 0.348 e. The molecular weight excluding hydrogens is 464 g/mol. The average molecular weight is 511 g/mol. The summed E-state index contributed by atoms with van der Waals surface area (Å²) in [6.45, 7) is 12.1. The Morgan fingerprint density at radius 3 is 2.14 bits per heavy atom. The number of unbranched alkanes of at least 4 members (excludes halogenated alkanes) is 8. The highest BCUT2D eigenvalue weighted by Crippen LogP contribution is 2.31. The quantitative estimate of drug-likeness (QED) is 0.175. The summed E-state index contributed by atoms with van der Waals surface area (Å²) in [4.78, 5) is 38.2. The van der Waals surface area contributed by atoms with E-state index in [1.165, 1.54) is 31.7 Å². The Morgan fingerprint density at radius 2 is 1.51 bits per heavy atom. The largest absolute Gasteiger partial charge is 0.458 e. The number of esters is 2. The van der Waals surface area contributed by atoms with Crippen molar-refractivity contribution in [2.75, 3.05) is 11.9 Å². The van der Waals surface area contributed by atoms with Crippen LogP contribution in [-0.4, -0.2) is 36.2 Å². The Balaban J connectivity index is 2.78. The molecule has 2 N–H and O–H groups in total. The van der Waals surface area contributed by atoms with Crippen LogP contribution >= 0.6 is 11.3 Å². The van der Waals surface area contributed by atoms with Gasteiger partial charge in [0.2, 0.25) is 0 Å². The predicted octanol–water partition coefficient (Wildman–Crippen LogP) is 7.70. The smallest absolute Gasteiger partial charge is 0.348 e. The highest BCUT2D eigenvalue weighted by Gasteiger charge is 2.26. The van der Waals surface area contributed by atoms with E-state index in [0.717, 1.165) is 56.3 Å². The number of nitrogens with one attached hydrogen (secondary N) is 2. The Bertz CT molecular complexity index is 785. The number of amides is 2. The van der Waals surface area contributed by atoms with Crippen LogP contribution in [0.25, 0.3) is 0 Å². The highest BCUT2D eigenvalue weighted by molar-refractivity contribution is 7.18. The van der Waals surface area contributed by atoms with Crippen molar-refractivity contribution in [2.45, 2.75) is 124 Å². The van der Waals surface area contributed by atoms with Gasteiger partial charge in [0.25, 0.3) is 0 Å². The van der Waals surface area contributed by atoms with E-state index in [2.05, 4.69) is 24.5 Å². The molecule has 0 saturated heterocycles. The van der Waals surface area contributed by atoms with Gasteiger partial charge in [-0.15, -0.1) is 11.3 Å². The van der Waals surface area contributed by atoms with E-state index >= 15 is 0 Å². The lowest BCUT2D eigenvalue weighted by Crippen LogP contribution is -2.30. The number of ether oxygens (including phenoxy) is 2. The minimum Gasteiger partial charge on any atom is -0.458 e. The Hall–Kier alpha value is -2.09. The van der Waals surface area contributed by atoms with Crippen LogP contribution in [0.5, 0.6) is 0 Å². The van der Waals surface area contributed by atoms with Gasteiger partial charge in [-0.2, -0.15) is 0 Å². The third-order valence-corrected chi connectivity index (χ3v) is 6.40. The molecule has 0 radical (unpaired) electrons. The highest BCUT2D eigenvalue weighted by atomic mass is 32.1. The first-order valence-corrected chi connectivity index (χ1v) is 14.0. The molecule has 0 fully saturated rings. The maximum atomic E-state index is 12.8. The number of carbonyl (C=O) groups excluding carboxylic acids is 3. The zero-order chi connectivity index (χ0) is 26.3. The molecule has 0 bridgehead atoms. The van der Waals surface area contributed by atoms with Crippen LogP contribution in [0.2, 0.25) is 0 Å². The Labute approximate surface area is 215 Å². The topological polar surface area (TPSA) is 93.7 Å². The van der Waals surface area contributed by atoms with Gasteiger partial charge < -0.3 is 14.8 Å². The molecule has 2 amide bonds. The second kappa shape index (κ2) is 16.6. The molecule has 0 aliphatic rings. The monoisotopic (exact) mass is 510 g/mol. The number of anilines is 1. The Kier molecular flexibility index (Phi) is 14.6. The van der Waals surface area contributed by atoms with Crippen LogP contribution in [-0.2, 0) is 9.47 Å². The van der Waals surface area contributed by atoms with Crippen molar-refractivity contribution in [3.8, 4) is 0 Å². The van der Waals surface area contributed by atoms with Gasteiger partial charge in [0.1, 0.15) is 15.5 Å². The number of hydrogen-bond donors (Lipinski definition) is 2. The van der Waals surface area contributed by atoms with Crippen molar-refractivity contribution in [1.29, 1.82) is 0 Å². The molecule has 1 aromatic rings. The van der Waals surface area contributed by atoms with E-state index in [9.17, 15) is 14.4 Å². The van der Waals surface area contributed by atoms with Crippen LogP contribution in [0.3, 0.4) is 0 Å².